The number of thioether (sulfide) groups is 1. The minimum Gasteiger partial charge on any atom is -0.486 e. The summed E-state index contributed by atoms with van der Waals surface area (Å²) in [5, 5.41) is 9.63. The Kier molecular flexibility index (Phi) is 7.20. The molecule has 28 heavy (non-hydrogen) atoms. The second kappa shape index (κ2) is 9.62. The molecule has 1 aliphatic rings. The minimum atomic E-state index is -0.198. The number of ether oxygens (including phenoxy) is 1. The zero-order chi connectivity index (χ0) is 20.1. The highest BCUT2D eigenvalue weighted by molar-refractivity contribution is 8.00. The zero-order valence-corrected chi connectivity index (χ0v) is 18.1. The molecule has 152 valence electrons. The molecule has 1 saturated heterocycles. The average molecular weight is 425 g/mol. The summed E-state index contributed by atoms with van der Waals surface area (Å²) in [7, 11) is 1.89. The standard InChI is InChI=1S/C19H26ClN5O2S/c1-4-24-9-11-25(12-10-24)18(26)14(2)28-19-22-21-17(23(19)3)13-27-16-7-5-15(20)6-8-16/h5-8,14H,4,9-13H2,1-3H3/p+1/t14-/m1/s1. The molecule has 9 heteroatoms. The van der Waals surface area contributed by atoms with E-state index in [4.69, 9.17) is 16.3 Å². The van der Waals surface area contributed by atoms with Crippen molar-refractivity contribution in [2.75, 3.05) is 32.7 Å². The average Bonchev–Trinajstić information content (AvgIpc) is 3.06. The van der Waals surface area contributed by atoms with Crippen LogP contribution >= 0.6 is 23.4 Å². The van der Waals surface area contributed by atoms with Gasteiger partial charge in [0.1, 0.15) is 12.4 Å². The van der Waals surface area contributed by atoms with E-state index in [9.17, 15) is 4.79 Å². The molecule has 0 bridgehead atoms. The van der Waals surface area contributed by atoms with Crippen LogP contribution < -0.4 is 9.64 Å². The van der Waals surface area contributed by atoms with Crippen LogP contribution in [0.15, 0.2) is 29.4 Å². The summed E-state index contributed by atoms with van der Waals surface area (Å²) in [6, 6.07) is 7.19. The number of quaternary nitrogens is 1. The van der Waals surface area contributed by atoms with E-state index in [1.807, 2.05) is 35.6 Å². The number of piperazine rings is 1. The number of likely N-dealkylation sites (N-methyl/N-ethyl adjacent to an activating group) is 1. The molecule has 7 nitrogen and oxygen atoms in total. The van der Waals surface area contributed by atoms with Crippen molar-refractivity contribution in [1.82, 2.24) is 19.7 Å². The first-order chi connectivity index (χ1) is 13.5. The summed E-state index contributed by atoms with van der Waals surface area (Å²) >= 11 is 7.33. The highest BCUT2D eigenvalue weighted by Gasteiger charge is 2.28. The molecule has 0 unspecified atom stereocenters. The van der Waals surface area contributed by atoms with E-state index in [0.29, 0.717) is 22.6 Å². The van der Waals surface area contributed by atoms with Crippen molar-refractivity contribution in [3.8, 4) is 5.75 Å². The smallest absolute Gasteiger partial charge is 0.236 e. The number of rotatable bonds is 7. The number of hydrogen-bond acceptors (Lipinski definition) is 5. The summed E-state index contributed by atoms with van der Waals surface area (Å²) in [6.45, 7) is 9.24. The lowest BCUT2D eigenvalue weighted by Crippen LogP contribution is -3.14. The Hall–Kier alpha value is -1.77. The van der Waals surface area contributed by atoms with Crippen LogP contribution in [-0.4, -0.2) is 63.5 Å². The van der Waals surface area contributed by atoms with Crippen molar-refractivity contribution >= 4 is 29.3 Å². The molecule has 0 spiro atoms. The Morgan fingerprint density at radius 2 is 1.96 bits per heavy atom. The van der Waals surface area contributed by atoms with E-state index in [0.717, 1.165) is 38.5 Å². The van der Waals surface area contributed by atoms with Crippen LogP contribution in [0.2, 0.25) is 5.02 Å². The summed E-state index contributed by atoms with van der Waals surface area (Å²) in [5.41, 5.74) is 0. The molecule has 1 N–H and O–H groups in total. The topological polar surface area (TPSA) is 64.7 Å². The summed E-state index contributed by atoms with van der Waals surface area (Å²) in [5.74, 6) is 1.60. The lowest BCUT2D eigenvalue weighted by atomic mass is 10.3. The number of halogens is 1. The third kappa shape index (κ3) is 5.18. The normalized spacial score (nSPS) is 16.2. The highest BCUT2D eigenvalue weighted by atomic mass is 35.5. The molecule has 0 aliphatic carbocycles. The second-order valence-electron chi connectivity index (χ2n) is 6.89. The number of carbonyl (C=O) groups excluding carboxylic acids is 1. The maximum atomic E-state index is 12.8. The fourth-order valence-electron chi connectivity index (χ4n) is 3.11. The Bertz CT molecular complexity index is 790. The quantitative estimate of drug-likeness (QED) is 0.678. The SMILES string of the molecule is CC[NH+]1CCN(C(=O)[C@@H](C)Sc2nnc(COc3ccc(Cl)cc3)n2C)CC1. The summed E-state index contributed by atoms with van der Waals surface area (Å²) in [4.78, 5) is 16.3. The van der Waals surface area contributed by atoms with Gasteiger partial charge in [-0.15, -0.1) is 10.2 Å². The fraction of sp³-hybridized carbons (Fsp3) is 0.526. The number of carbonyl (C=O) groups is 1. The monoisotopic (exact) mass is 424 g/mol. The molecule has 1 aromatic carbocycles. The van der Waals surface area contributed by atoms with Gasteiger partial charge in [-0.3, -0.25) is 4.79 Å². The first-order valence-electron chi connectivity index (χ1n) is 9.53. The third-order valence-corrected chi connectivity index (χ3v) is 6.39. The van der Waals surface area contributed by atoms with Gasteiger partial charge in [-0.25, -0.2) is 0 Å². The third-order valence-electron chi connectivity index (χ3n) is 5.02. The lowest BCUT2D eigenvalue weighted by molar-refractivity contribution is -0.902. The molecular formula is C19H27ClN5O2S+. The molecule has 2 aromatic rings. The second-order valence-corrected chi connectivity index (χ2v) is 8.63. The van der Waals surface area contributed by atoms with Crippen LogP contribution in [-0.2, 0) is 18.4 Å². The van der Waals surface area contributed by atoms with Gasteiger partial charge in [-0.05, 0) is 38.1 Å². The van der Waals surface area contributed by atoms with Gasteiger partial charge in [0.05, 0.1) is 38.0 Å². The van der Waals surface area contributed by atoms with E-state index in [2.05, 4.69) is 17.1 Å². The number of nitrogens with zero attached hydrogens (tertiary/aromatic N) is 4. The fourth-order valence-corrected chi connectivity index (χ4v) is 4.16. The van der Waals surface area contributed by atoms with Gasteiger partial charge in [0.15, 0.2) is 11.0 Å². The first kappa shape index (κ1) is 21.0. The first-order valence-corrected chi connectivity index (χ1v) is 10.8. The van der Waals surface area contributed by atoms with E-state index in [-0.39, 0.29) is 11.2 Å². The predicted molar refractivity (Wildman–Crippen MR) is 110 cm³/mol. The molecule has 0 radical (unpaired) electrons. The molecule has 1 atom stereocenters. The van der Waals surface area contributed by atoms with Gasteiger partial charge in [0, 0.05) is 12.1 Å². The van der Waals surface area contributed by atoms with Gasteiger partial charge in [-0.2, -0.15) is 0 Å². The molecule has 2 heterocycles. The Morgan fingerprint density at radius 3 is 2.61 bits per heavy atom. The van der Waals surface area contributed by atoms with Crippen LogP contribution in [0.3, 0.4) is 0 Å². The molecule has 1 fully saturated rings. The van der Waals surface area contributed by atoms with Gasteiger partial charge in [-0.1, -0.05) is 23.4 Å². The Morgan fingerprint density at radius 1 is 1.29 bits per heavy atom. The predicted octanol–water partition coefficient (Wildman–Crippen LogP) is 1.28. The van der Waals surface area contributed by atoms with Crippen molar-refractivity contribution in [1.29, 1.82) is 0 Å². The van der Waals surface area contributed by atoms with Gasteiger partial charge in [0.2, 0.25) is 5.91 Å². The Balaban J connectivity index is 1.54. The number of amides is 1. The Labute approximate surface area is 175 Å². The lowest BCUT2D eigenvalue weighted by Gasteiger charge is -2.32. The van der Waals surface area contributed by atoms with Crippen LogP contribution in [0.1, 0.15) is 19.7 Å². The maximum absolute atomic E-state index is 12.8. The molecule has 1 aromatic heterocycles. The number of nitrogens with one attached hydrogen (secondary N) is 1. The van der Waals surface area contributed by atoms with Crippen molar-refractivity contribution in [2.45, 2.75) is 30.9 Å². The van der Waals surface area contributed by atoms with Crippen LogP contribution in [0, 0.1) is 0 Å². The number of hydrogen-bond donors (Lipinski definition) is 1. The van der Waals surface area contributed by atoms with E-state index < -0.39 is 0 Å². The number of aromatic nitrogens is 3. The molecule has 0 saturated carbocycles. The largest absolute Gasteiger partial charge is 0.486 e. The zero-order valence-electron chi connectivity index (χ0n) is 16.5. The van der Waals surface area contributed by atoms with Gasteiger partial charge in [0.25, 0.3) is 0 Å². The van der Waals surface area contributed by atoms with Crippen molar-refractivity contribution < 1.29 is 14.4 Å². The van der Waals surface area contributed by atoms with E-state index >= 15 is 0 Å². The molecule has 1 aliphatic heterocycles. The van der Waals surface area contributed by atoms with E-state index in [1.54, 1.807) is 17.0 Å². The van der Waals surface area contributed by atoms with Crippen LogP contribution in [0.5, 0.6) is 5.75 Å². The maximum Gasteiger partial charge on any atom is 0.236 e. The molecule has 3 rings (SSSR count). The van der Waals surface area contributed by atoms with Crippen molar-refractivity contribution in [3.05, 3.63) is 35.1 Å². The van der Waals surface area contributed by atoms with Gasteiger partial charge < -0.3 is 19.1 Å². The molecular weight excluding hydrogens is 398 g/mol. The summed E-state index contributed by atoms with van der Waals surface area (Å²) in [6.07, 6.45) is 0. The molecule has 1 amide bonds. The van der Waals surface area contributed by atoms with Crippen LogP contribution in [0.4, 0.5) is 0 Å². The highest BCUT2D eigenvalue weighted by Crippen LogP contribution is 2.23. The minimum absolute atomic E-state index is 0.169. The van der Waals surface area contributed by atoms with Gasteiger partial charge >= 0.3 is 0 Å². The van der Waals surface area contributed by atoms with Crippen LogP contribution in [0.25, 0.3) is 0 Å². The van der Waals surface area contributed by atoms with Crippen molar-refractivity contribution in [2.24, 2.45) is 7.05 Å². The summed E-state index contributed by atoms with van der Waals surface area (Å²) < 4.78 is 7.62. The van der Waals surface area contributed by atoms with E-state index in [1.165, 1.54) is 11.8 Å². The van der Waals surface area contributed by atoms with Crippen molar-refractivity contribution in [3.63, 3.8) is 0 Å². The number of benzene rings is 1.